The van der Waals surface area contributed by atoms with Crippen molar-refractivity contribution < 1.29 is 35.9 Å². The predicted molar refractivity (Wildman–Crippen MR) is 136 cm³/mol. The summed E-state index contributed by atoms with van der Waals surface area (Å²) in [6.07, 6.45) is -5.30. The number of halogens is 9. The molecule has 39 heavy (non-hydrogen) atoms. The minimum Gasteiger partial charge on any atom is -0.394 e. The third-order valence-electron chi connectivity index (χ3n) is 6.37. The van der Waals surface area contributed by atoms with Crippen LogP contribution in [-0.4, -0.2) is 16.0 Å². The van der Waals surface area contributed by atoms with Gasteiger partial charge in [-0.15, -0.1) is 23.2 Å². The summed E-state index contributed by atoms with van der Waals surface area (Å²) in [6, 6.07) is 7.58. The zero-order chi connectivity index (χ0) is 29.0. The molecule has 1 amide bonds. The van der Waals surface area contributed by atoms with Crippen LogP contribution in [-0.2, 0) is 17.4 Å². The summed E-state index contributed by atoms with van der Waals surface area (Å²) < 4.78 is 79.9. The normalized spacial score (nSPS) is 18.1. The summed E-state index contributed by atoms with van der Waals surface area (Å²) in [6.45, 7) is 1.16. The molecule has 4 nitrogen and oxygen atoms in total. The molecule has 3 aromatic rings. The van der Waals surface area contributed by atoms with Crippen molar-refractivity contribution >= 4 is 57.9 Å². The van der Waals surface area contributed by atoms with E-state index in [0.29, 0.717) is 6.07 Å². The van der Waals surface area contributed by atoms with Crippen LogP contribution in [0.2, 0.25) is 5.02 Å². The van der Waals surface area contributed by atoms with Gasteiger partial charge in [0.05, 0.1) is 27.8 Å². The molecule has 2 atom stereocenters. The Morgan fingerprint density at radius 1 is 1.03 bits per heavy atom. The lowest BCUT2D eigenvalue weighted by atomic mass is 9.98. The van der Waals surface area contributed by atoms with Crippen LogP contribution in [0.1, 0.15) is 38.5 Å². The van der Waals surface area contributed by atoms with Crippen molar-refractivity contribution in [2.75, 3.05) is 11.1 Å². The largest absolute Gasteiger partial charge is 0.419 e. The van der Waals surface area contributed by atoms with E-state index in [1.807, 2.05) is 0 Å². The maximum absolute atomic E-state index is 14.2. The summed E-state index contributed by atoms with van der Waals surface area (Å²) in [5, 5.41) is 2.18. The van der Waals surface area contributed by atoms with Crippen molar-refractivity contribution in [3.63, 3.8) is 0 Å². The van der Waals surface area contributed by atoms with Gasteiger partial charge in [0.2, 0.25) is 0 Å². The predicted octanol–water partition coefficient (Wildman–Crippen LogP) is 7.62. The monoisotopic (exact) mass is 608 g/mol. The van der Waals surface area contributed by atoms with Crippen molar-refractivity contribution in [3.05, 3.63) is 92.8 Å². The lowest BCUT2D eigenvalue weighted by Crippen LogP contribution is -2.16. The molecule has 4 rings (SSSR count). The molecular weight excluding hydrogens is 593 g/mol. The molecule has 3 N–H and O–H groups in total. The van der Waals surface area contributed by atoms with E-state index >= 15 is 0 Å². The van der Waals surface area contributed by atoms with E-state index in [-0.39, 0.29) is 33.7 Å². The number of hydrogen-bond donors (Lipinski definition) is 2. The first-order chi connectivity index (χ1) is 18.0. The van der Waals surface area contributed by atoms with Crippen LogP contribution in [0.25, 0.3) is 0 Å². The van der Waals surface area contributed by atoms with Crippen molar-refractivity contribution in [1.29, 1.82) is 0 Å². The molecule has 1 aliphatic rings. The molecule has 0 heterocycles. The van der Waals surface area contributed by atoms with Crippen molar-refractivity contribution in [2.45, 2.75) is 29.8 Å². The number of hydrogen-bond acceptors (Lipinski definition) is 3. The number of alkyl halides is 5. The van der Waals surface area contributed by atoms with Gasteiger partial charge in [-0.25, -0.2) is 13.2 Å². The Bertz CT molecular complexity index is 1510. The molecule has 0 radical (unpaired) electrons. The summed E-state index contributed by atoms with van der Waals surface area (Å²) in [5.74, 6) is -7.20. The van der Waals surface area contributed by atoms with Gasteiger partial charge < -0.3 is 11.1 Å². The Labute approximate surface area is 233 Å². The highest BCUT2D eigenvalue weighted by molar-refractivity contribution is 6.53. The zero-order valence-corrected chi connectivity index (χ0v) is 22.0. The van der Waals surface area contributed by atoms with Gasteiger partial charge in [-0.3, -0.25) is 9.59 Å². The minimum absolute atomic E-state index is 0.0404. The van der Waals surface area contributed by atoms with Crippen LogP contribution >= 0.6 is 34.8 Å². The second-order valence-corrected chi connectivity index (χ2v) is 10.9. The van der Waals surface area contributed by atoms with Crippen LogP contribution in [0.4, 0.5) is 37.7 Å². The average molecular weight is 610 g/mol. The second-order valence-electron chi connectivity index (χ2n) is 9.06. The number of anilines is 2. The number of nitrogen functional groups attached to an aromatic ring is 1. The van der Waals surface area contributed by atoms with Crippen molar-refractivity contribution in [2.24, 2.45) is 5.92 Å². The van der Waals surface area contributed by atoms with E-state index in [2.05, 4.69) is 5.32 Å². The summed E-state index contributed by atoms with van der Waals surface area (Å²) in [4.78, 5) is 25.8. The number of nitrogens with one attached hydrogen (secondary N) is 1. The first kappa shape index (κ1) is 29.0. The topological polar surface area (TPSA) is 72.2 Å². The number of amides is 1. The van der Waals surface area contributed by atoms with E-state index in [1.165, 1.54) is 18.2 Å². The smallest absolute Gasteiger partial charge is 0.394 e. The van der Waals surface area contributed by atoms with Gasteiger partial charge in [0.25, 0.3) is 5.91 Å². The van der Waals surface area contributed by atoms with E-state index in [4.69, 9.17) is 40.5 Å². The third kappa shape index (κ3) is 5.55. The Morgan fingerprint density at radius 2 is 1.69 bits per heavy atom. The maximum Gasteiger partial charge on any atom is 0.419 e. The number of benzene rings is 3. The molecule has 1 saturated carbocycles. The lowest BCUT2D eigenvalue weighted by Gasteiger charge is -2.12. The number of aryl methyl sites for hydroxylation is 1. The zero-order valence-electron chi connectivity index (χ0n) is 19.7. The Kier molecular flexibility index (Phi) is 7.61. The van der Waals surface area contributed by atoms with E-state index < -0.39 is 68.4 Å². The van der Waals surface area contributed by atoms with Gasteiger partial charge >= 0.3 is 6.18 Å². The van der Waals surface area contributed by atoms with Crippen LogP contribution in [0, 0.1) is 30.3 Å². The van der Waals surface area contributed by atoms with Gasteiger partial charge in [-0.1, -0.05) is 23.7 Å². The van der Waals surface area contributed by atoms with Crippen molar-refractivity contribution in [1.82, 2.24) is 0 Å². The molecule has 13 heteroatoms. The van der Waals surface area contributed by atoms with Gasteiger partial charge in [-0.2, -0.15) is 13.2 Å². The summed E-state index contributed by atoms with van der Waals surface area (Å²) in [7, 11) is 0. The number of carbonyl (C=O) groups is 2. The molecule has 0 aliphatic heterocycles. The average Bonchev–Trinajstić information content (AvgIpc) is 3.43. The van der Waals surface area contributed by atoms with Crippen LogP contribution < -0.4 is 11.1 Å². The fourth-order valence-corrected chi connectivity index (χ4v) is 5.43. The number of rotatable bonds is 6. The highest BCUT2D eigenvalue weighted by atomic mass is 35.5. The Hall–Kier alpha value is -2.95. The van der Waals surface area contributed by atoms with Gasteiger partial charge in [0, 0.05) is 12.3 Å². The SMILES string of the molecule is Cc1cc(C2C(C(=O)Cc3ccc(Cl)c(C(=O)Nc4ccc(F)c(N)c4F)c3)C2(Cl)Cl)cc(C(F)(F)F)c1F. The van der Waals surface area contributed by atoms with E-state index in [0.717, 1.165) is 25.1 Å². The summed E-state index contributed by atoms with van der Waals surface area (Å²) >= 11 is 18.7. The molecule has 1 aliphatic carbocycles. The molecular formula is C26H17Cl3F6N2O2. The standard InChI is InChI=1S/C26H17Cl3F6N2O2/c1-10-6-12(9-14(21(10)31)26(33,34)35)19-20(25(19,28)29)18(38)8-11-2-3-15(27)13(7-11)24(39)37-17-5-4-16(30)23(36)22(17)32/h2-7,9,19-20H,8,36H2,1H3,(H,37,39). The van der Waals surface area contributed by atoms with Gasteiger partial charge in [0.1, 0.15) is 27.4 Å². The molecule has 1 fully saturated rings. The number of nitrogens with two attached hydrogens (primary N) is 1. The number of Topliss-reactive ketones (excluding diaryl/α,β-unsaturated/α-hetero) is 1. The van der Waals surface area contributed by atoms with E-state index in [1.54, 1.807) is 0 Å². The fourth-order valence-electron chi connectivity index (χ4n) is 4.35. The fraction of sp³-hybridized carbons (Fsp3) is 0.231. The number of ketones is 1. The quantitative estimate of drug-likeness (QED) is 0.172. The second kappa shape index (κ2) is 10.2. The Morgan fingerprint density at radius 3 is 2.33 bits per heavy atom. The molecule has 3 aromatic carbocycles. The number of carbonyl (C=O) groups excluding carboxylic acids is 2. The molecule has 206 valence electrons. The molecule has 0 aromatic heterocycles. The minimum atomic E-state index is -4.97. The van der Waals surface area contributed by atoms with E-state index in [9.17, 15) is 35.9 Å². The highest BCUT2D eigenvalue weighted by Gasteiger charge is 2.67. The summed E-state index contributed by atoms with van der Waals surface area (Å²) in [5.41, 5.74) is 2.41. The maximum atomic E-state index is 14.2. The first-order valence-electron chi connectivity index (χ1n) is 11.1. The van der Waals surface area contributed by atoms with Gasteiger partial charge in [0.15, 0.2) is 5.82 Å². The lowest BCUT2D eigenvalue weighted by molar-refractivity contribution is -0.140. The van der Waals surface area contributed by atoms with Crippen LogP contribution in [0.3, 0.4) is 0 Å². The Balaban J connectivity index is 1.55. The van der Waals surface area contributed by atoms with Crippen LogP contribution in [0.15, 0.2) is 42.5 Å². The highest BCUT2D eigenvalue weighted by Crippen LogP contribution is 2.65. The third-order valence-corrected chi connectivity index (χ3v) is 7.64. The molecule has 2 unspecified atom stereocenters. The molecule has 0 spiro atoms. The van der Waals surface area contributed by atoms with Gasteiger partial charge in [-0.05, 0) is 53.9 Å². The van der Waals surface area contributed by atoms with Crippen molar-refractivity contribution in [3.8, 4) is 0 Å². The molecule has 0 bridgehead atoms. The van der Waals surface area contributed by atoms with Crippen LogP contribution in [0.5, 0.6) is 0 Å². The molecule has 0 saturated heterocycles. The first-order valence-corrected chi connectivity index (χ1v) is 12.3.